The second-order valence-electron chi connectivity index (χ2n) is 8.16. The predicted octanol–water partition coefficient (Wildman–Crippen LogP) is 2.59. The lowest BCUT2D eigenvalue weighted by atomic mass is 10.1. The lowest BCUT2D eigenvalue weighted by molar-refractivity contribution is -0.131. The molecule has 1 fully saturated rings. The van der Waals surface area contributed by atoms with Gasteiger partial charge in [0, 0.05) is 32.3 Å². The van der Waals surface area contributed by atoms with Crippen molar-refractivity contribution >= 4 is 24.0 Å². The molecule has 1 aliphatic rings. The minimum absolute atomic E-state index is 0.0623. The van der Waals surface area contributed by atoms with Gasteiger partial charge >= 0.3 is 6.09 Å². The van der Waals surface area contributed by atoms with E-state index in [1.165, 1.54) is 0 Å². The Morgan fingerprint density at radius 3 is 2.48 bits per heavy atom. The smallest absolute Gasteiger partial charge is 0.408 e. The summed E-state index contributed by atoms with van der Waals surface area (Å²) in [5, 5.41) is 2.49. The first-order valence-corrected chi connectivity index (χ1v) is 9.92. The third kappa shape index (κ3) is 7.97. The largest absolute Gasteiger partial charge is 0.444 e. The van der Waals surface area contributed by atoms with Crippen molar-refractivity contribution in [3.63, 3.8) is 0 Å². The molecule has 7 nitrogen and oxygen atoms in total. The number of aryl methyl sites for hydroxylation is 1. The molecule has 1 aliphatic heterocycles. The zero-order valence-corrected chi connectivity index (χ0v) is 17.7. The quantitative estimate of drug-likeness (QED) is 0.787. The highest BCUT2D eigenvalue weighted by Gasteiger charge is 2.22. The van der Waals surface area contributed by atoms with Gasteiger partial charge in [0.25, 0.3) is 0 Å². The van der Waals surface area contributed by atoms with Gasteiger partial charge in [-0.05, 0) is 45.8 Å². The molecule has 2 rings (SSSR count). The number of benzene rings is 1. The number of nitrogens with zero attached hydrogens (tertiary/aromatic N) is 2. The van der Waals surface area contributed by atoms with E-state index in [1.807, 2.05) is 37.3 Å². The SMILES string of the molecule is Cc1cccc(/C=C/C(=O)N2CCCN(C(=O)CNC(=O)OC(C)(C)C)CC2)c1. The maximum absolute atomic E-state index is 12.5. The van der Waals surface area contributed by atoms with E-state index in [0.29, 0.717) is 32.6 Å². The third-order valence-corrected chi connectivity index (χ3v) is 4.40. The molecule has 0 aromatic heterocycles. The first-order valence-electron chi connectivity index (χ1n) is 9.92. The van der Waals surface area contributed by atoms with E-state index in [4.69, 9.17) is 4.74 Å². The second kappa shape index (κ2) is 10.1. The zero-order valence-electron chi connectivity index (χ0n) is 17.7. The van der Waals surface area contributed by atoms with Crippen LogP contribution in [0.1, 0.15) is 38.3 Å². The fraction of sp³-hybridized carbons (Fsp3) is 0.500. The summed E-state index contributed by atoms with van der Waals surface area (Å²) >= 11 is 0. The molecule has 1 heterocycles. The van der Waals surface area contributed by atoms with Crippen LogP contribution in [0, 0.1) is 6.92 Å². The first-order chi connectivity index (χ1) is 13.6. The van der Waals surface area contributed by atoms with Crippen LogP contribution < -0.4 is 5.32 Å². The molecule has 7 heteroatoms. The van der Waals surface area contributed by atoms with Crippen LogP contribution in [-0.4, -0.2) is 66.0 Å². The van der Waals surface area contributed by atoms with Gasteiger partial charge in [-0.3, -0.25) is 9.59 Å². The number of ether oxygens (including phenoxy) is 1. The van der Waals surface area contributed by atoms with Crippen molar-refractivity contribution in [2.75, 3.05) is 32.7 Å². The van der Waals surface area contributed by atoms with Gasteiger partial charge in [0.2, 0.25) is 11.8 Å². The molecule has 0 unspecified atom stereocenters. The van der Waals surface area contributed by atoms with Crippen LogP contribution in [0.4, 0.5) is 4.79 Å². The van der Waals surface area contributed by atoms with E-state index in [1.54, 1.807) is 36.6 Å². The standard InChI is InChI=1S/C22H31N3O4/c1-17-7-5-8-18(15-17)9-10-19(26)24-11-6-12-25(14-13-24)20(27)16-23-21(28)29-22(2,3)4/h5,7-10,15H,6,11-14,16H2,1-4H3,(H,23,28)/b10-9+. The number of amides is 3. The van der Waals surface area contributed by atoms with Crippen LogP contribution in [-0.2, 0) is 14.3 Å². The molecule has 3 amide bonds. The zero-order chi connectivity index (χ0) is 21.4. The van der Waals surface area contributed by atoms with Gasteiger partial charge in [0.1, 0.15) is 12.1 Å². The molecule has 0 spiro atoms. The summed E-state index contributed by atoms with van der Waals surface area (Å²) in [6.45, 7) is 9.26. The summed E-state index contributed by atoms with van der Waals surface area (Å²) < 4.78 is 5.14. The minimum Gasteiger partial charge on any atom is -0.444 e. The molecular formula is C22H31N3O4. The minimum atomic E-state index is -0.612. The van der Waals surface area contributed by atoms with E-state index >= 15 is 0 Å². The summed E-state index contributed by atoms with van der Waals surface area (Å²) in [5.74, 6) is -0.242. The lowest BCUT2D eigenvalue weighted by Crippen LogP contribution is -2.43. The number of nitrogens with one attached hydrogen (secondary N) is 1. The highest BCUT2D eigenvalue weighted by atomic mass is 16.6. The number of hydrogen-bond acceptors (Lipinski definition) is 4. The highest BCUT2D eigenvalue weighted by Crippen LogP contribution is 2.09. The fourth-order valence-corrected chi connectivity index (χ4v) is 3.01. The van der Waals surface area contributed by atoms with Gasteiger partial charge in [-0.2, -0.15) is 0 Å². The molecule has 1 aromatic rings. The number of hydrogen-bond donors (Lipinski definition) is 1. The summed E-state index contributed by atoms with van der Waals surface area (Å²) in [6, 6.07) is 7.94. The molecular weight excluding hydrogens is 370 g/mol. The molecule has 0 aliphatic carbocycles. The Morgan fingerprint density at radius 2 is 1.79 bits per heavy atom. The van der Waals surface area contributed by atoms with Gasteiger partial charge < -0.3 is 19.9 Å². The van der Waals surface area contributed by atoms with Crippen molar-refractivity contribution < 1.29 is 19.1 Å². The monoisotopic (exact) mass is 401 g/mol. The summed E-state index contributed by atoms with van der Waals surface area (Å²) in [4.78, 5) is 40.0. The molecule has 29 heavy (non-hydrogen) atoms. The van der Waals surface area contributed by atoms with E-state index in [9.17, 15) is 14.4 Å². The molecule has 1 saturated heterocycles. The van der Waals surface area contributed by atoms with E-state index in [-0.39, 0.29) is 18.4 Å². The number of alkyl carbamates (subject to hydrolysis) is 1. The normalized spacial score (nSPS) is 15.2. The molecule has 0 radical (unpaired) electrons. The molecule has 1 N–H and O–H groups in total. The van der Waals surface area contributed by atoms with E-state index < -0.39 is 11.7 Å². The topological polar surface area (TPSA) is 79.0 Å². The molecule has 0 bridgehead atoms. The predicted molar refractivity (Wildman–Crippen MR) is 112 cm³/mol. The average molecular weight is 402 g/mol. The first kappa shape index (κ1) is 22.5. The Hall–Kier alpha value is -2.83. The number of carbonyl (C=O) groups is 3. The van der Waals surface area contributed by atoms with E-state index in [0.717, 1.165) is 11.1 Å². The maximum atomic E-state index is 12.5. The van der Waals surface area contributed by atoms with Gasteiger partial charge in [0.15, 0.2) is 0 Å². The highest BCUT2D eigenvalue weighted by molar-refractivity contribution is 5.92. The third-order valence-electron chi connectivity index (χ3n) is 4.40. The summed E-state index contributed by atoms with van der Waals surface area (Å²) in [7, 11) is 0. The maximum Gasteiger partial charge on any atom is 0.408 e. The van der Waals surface area contributed by atoms with Crippen LogP contribution in [0.2, 0.25) is 0 Å². The van der Waals surface area contributed by atoms with Crippen molar-refractivity contribution in [1.29, 1.82) is 0 Å². The lowest BCUT2D eigenvalue weighted by Gasteiger charge is -2.23. The Morgan fingerprint density at radius 1 is 1.10 bits per heavy atom. The molecule has 0 atom stereocenters. The average Bonchev–Trinajstić information content (AvgIpc) is 2.89. The number of rotatable bonds is 4. The Bertz CT molecular complexity index is 768. The Kier molecular flexibility index (Phi) is 7.82. The molecule has 1 aromatic carbocycles. The van der Waals surface area contributed by atoms with Gasteiger partial charge in [-0.15, -0.1) is 0 Å². The summed E-state index contributed by atoms with van der Waals surface area (Å²) in [5.41, 5.74) is 1.52. The van der Waals surface area contributed by atoms with Gasteiger partial charge in [0.05, 0.1) is 0 Å². The van der Waals surface area contributed by atoms with Crippen molar-refractivity contribution in [2.45, 2.75) is 39.7 Å². The van der Waals surface area contributed by atoms with E-state index in [2.05, 4.69) is 5.32 Å². The summed E-state index contributed by atoms with van der Waals surface area (Å²) in [6.07, 6.45) is 3.48. The van der Waals surface area contributed by atoms with Crippen LogP contribution in [0.15, 0.2) is 30.3 Å². The molecule has 158 valence electrons. The second-order valence-corrected chi connectivity index (χ2v) is 8.16. The molecule has 0 saturated carbocycles. The van der Waals surface area contributed by atoms with Crippen molar-refractivity contribution in [1.82, 2.24) is 15.1 Å². The van der Waals surface area contributed by atoms with Crippen molar-refractivity contribution in [3.05, 3.63) is 41.5 Å². The van der Waals surface area contributed by atoms with Crippen molar-refractivity contribution in [3.8, 4) is 0 Å². The number of carbonyl (C=O) groups excluding carboxylic acids is 3. The van der Waals surface area contributed by atoms with Crippen LogP contribution in [0.3, 0.4) is 0 Å². The van der Waals surface area contributed by atoms with Crippen LogP contribution >= 0.6 is 0 Å². The van der Waals surface area contributed by atoms with Crippen LogP contribution in [0.5, 0.6) is 0 Å². The van der Waals surface area contributed by atoms with Crippen molar-refractivity contribution in [2.24, 2.45) is 0 Å². The Labute approximate surface area is 172 Å². The van der Waals surface area contributed by atoms with Gasteiger partial charge in [-0.1, -0.05) is 29.8 Å². The fourth-order valence-electron chi connectivity index (χ4n) is 3.01. The van der Waals surface area contributed by atoms with Crippen LogP contribution in [0.25, 0.3) is 6.08 Å². The Balaban J connectivity index is 1.82. The van der Waals surface area contributed by atoms with Gasteiger partial charge in [-0.25, -0.2) is 4.79 Å².